The van der Waals surface area contributed by atoms with Gasteiger partial charge in [-0.1, -0.05) is 30.0 Å². The van der Waals surface area contributed by atoms with Crippen LogP contribution in [0.15, 0.2) is 51.2 Å². The number of ether oxygens (including phenoxy) is 1. The summed E-state index contributed by atoms with van der Waals surface area (Å²) in [5, 5.41) is 5.40. The van der Waals surface area contributed by atoms with Crippen LogP contribution in [0.3, 0.4) is 0 Å². The molecule has 0 saturated heterocycles. The molecule has 0 saturated carbocycles. The molecule has 0 bridgehead atoms. The van der Waals surface area contributed by atoms with Gasteiger partial charge in [0.25, 0.3) is 0 Å². The predicted molar refractivity (Wildman–Crippen MR) is 119 cm³/mol. The summed E-state index contributed by atoms with van der Waals surface area (Å²) in [5.41, 5.74) is 0. The number of aliphatic imine (C=N–C) groups is 1. The van der Waals surface area contributed by atoms with Gasteiger partial charge in [-0.05, 0) is 18.6 Å². The Morgan fingerprint density at radius 3 is 2.84 bits per heavy atom. The average molecular weight is 492 g/mol. The molecule has 2 rings (SSSR count). The Morgan fingerprint density at radius 1 is 1.36 bits per heavy atom. The van der Waals surface area contributed by atoms with Gasteiger partial charge in [0.15, 0.2) is 5.96 Å². The van der Waals surface area contributed by atoms with Crippen LogP contribution in [0.2, 0.25) is 0 Å². The number of rotatable bonds is 9. The van der Waals surface area contributed by atoms with Crippen LogP contribution in [0, 0.1) is 0 Å². The van der Waals surface area contributed by atoms with E-state index in [9.17, 15) is 0 Å². The van der Waals surface area contributed by atoms with E-state index < -0.39 is 0 Å². The molecule has 0 spiro atoms. The minimum Gasteiger partial charge on any atom is -0.492 e. The quantitative estimate of drug-likeness (QED) is 0.190. The van der Waals surface area contributed by atoms with Gasteiger partial charge in [-0.25, -0.2) is 4.98 Å². The highest BCUT2D eigenvalue weighted by atomic mass is 127. The zero-order chi connectivity index (χ0) is 17.0. The fourth-order valence-electron chi connectivity index (χ4n) is 2.02. The van der Waals surface area contributed by atoms with E-state index in [-0.39, 0.29) is 24.0 Å². The van der Waals surface area contributed by atoms with E-state index >= 15 is 0 Å². The third-order valence-electron chi connectivity index (χ3n) is 3.25. The Bertz CT molecular complexity index is 596. The van der Waals surface area contributed by atoms with Crippen molar-refractivity contribution in [2.75, 3.05) is 39.5 Å². The Hall–Kier alpha value is -1.000. The van der Waals surface area contributed by atoms with Gasteiger partial charge in [-0.15, -0.1) is 35.3 Å². The number of guanidine groups is 1. The van der Waals surface area contributed by atoms with E-state index in [1.54, 1.807) is 30.1 Å². The first-order valence-electron chi connectivity index (χ1n) is 7.91. The molecule has 8 heteroatoms. The van der Waals surface area contributed by atoms with Crippen LogP contribution in [0.4, 0.5) is 0 Å². The minimum absolute atomic E-state index is 0. The molecule has 1 heterocycles. The molecule has 138 valence electrons. The molecule has 0 aliphatic carbocycles. The second-order valence-electron chi connectivity index (χ2n) is 5.06. The maximum Gasteiger partial charge on any atom is 0.193 e. The second-order valence-corrected chi connectivity index (χ2v) is 7.29. The summed E-state index contributed by atoms with van der Waals surface area (Å²) in [5.74, 6) is 2.84. The zero-order valence-electron chi connectivity index (χ0n) is 14.6. The van der Waals surface area contributed by atoms with Crippen molar-refractivity contribution >= 4 is 53.0 Å². The van der Waals surface area contributed by atoms with E-state index in [1.165, 1.54) is 0 Å². The van der Waals surface area contributed by atoms with Gasteiger partial charge in [-0.3, -0.25) is 4.99 Å². The van der Waals surface area contributed by atoms with Gasteiger partial charge in [0.1, 0.15) is 16.7 Å². The Labute approximate surface area is 175 Å². The minimum atomic E-state index is 0. The smallest absolute Gasteiger partial charge is 0.193 e. The maximum absolute atomic E-state index is 5.72. The number of hydrogen-bond acceptors (Lipinski definition) is 5. The van der Waals surface area contributed by atoms with E-state index in [0.717, 1.165) is 41.3 Å². The van der Waals surface area contributed by atoms with Crippen LogP contribution in [0.5, 0.6) is 5.75 Å². The monoisotopic (exact) mass is 492 g/mol. The highest BCUT2D eigenvalue weighted by Crippen LogP contribution is 2.20. The number of thiazole rings is 1. The highest BCUT2D eigenvalue weighted by molar-refractivity contribution is 14.0. The molecule has 5 nitrogen and oxygen atoms in total. The number of benzene rings is 1. The Balaban J connectivity index is 0.00000312. The Kier molecular flexibility index (Phi) is 11.7. The summed E-state index contributed by atoms with van der Waals surface area (Å²) in [4.78, 5) is 10.7. The Morgan fingerprint density at radius 2 is 2.16 bits per heavy atom. The van der Waals surface area contributed by atoms with Gasteiger partial charge in [0, 0.05) is 38.0 Å². The van der Waals surface area contributed by atoms with Crippen molar-refractivity contribution in [3.8, 4) is 5.75 Å². The lowest BCUT2D eigenvalue weighted by Crippen LogP contribution is -2.41. The number of thioether (sulfide) groups is 1. The number of aromatic nitrogens is 1. The standard InChI is InChI=1S/C17H24N4OS2.HI/c1-18-16(19-9-6-13-23-17-20-10-14-24-17)21(2)11-12-22-15-7-4-3-5-8-15;/h3-5,7-8,10,14H,6,9,11-13H2,1-2H3,(H,18,19);1H. The first kappa shape index (κ1) is 22.0. The molecule has 0 aliphatic rings. The van der Waals surface area contributed by atoms with Crippen LogP contribution in [0.25, 0.3) is 0 Å². The third kappa shape index (κ3) is 8.77. The number of likely N-dealkylation sites (N-methyl/N-ethyl adjacent to an activating group) is 1. The lowest BCUT2D eigenvalue weighted by Gasteiger charge is -2.22. The van der Waals surface area contributed by atoms with Crippen molar-refractivity contribution in [3.63, 3.8) is 0 Å². The SMILES string of the molecule is CN=C(NCCCSc1nccs1)N(C)CCOc1ccccc1.I. The summed E-state index contributed by atoms with van der Waals surface area (Å²) in [6, 6.07) is 9.87. The van der Waals surface area contributed by atoms with Crippen LogP contribution in [0.1, 0.15) is 6.42 Å². The number of nitrogens with zero attached hydrogens (tertiary/aromatic N) is 3. The van der Waals surface area contributed by atoms with Crippen molar-refractivity contribution in [1.82, 2.24) is 15.2 Å². The van der Waals surface area contributed by atoms with Crippen molar-refractivity contribution in [1.29, 1.82) is 0 Å². The third-order valence-corrected chi connectivity index (χ3v) is 5.30. The lowest BCUT2D eigenvalue weighted by atomic mass is 10.3. The molecular weight excluding hydrogens is 467 g/mol. The van der Waals surface area contributed by atoms with Gasteiger partial charge in [0.05, 0.1) is 6.54 Å². The van der Waals surface area contributed by atoms with E-state index in [1.807, 2.05) is 49.0 Å². The first-order valence-corrected chi connectivity index (χ1v) is 9.78. The molecule has 0 amide bonds. The van der Waals surface area contributed by atoms with Crippen LogP contribution in [-0.2, 0) is 0 Å². The molecular formula is C17H25IN4OS2. The number of para-hydroxylation sites is 1. The van der Waals surface area contributed by atoms with Crippen LogP contribution >= 0.6 is 47.1 Å². The van der Waals surface area contributed by atoms with Crippen LogP contribution in [-0.4, -0.2) is 55.4 Å². The number of nitrogens with one attached hydrogen (secondary N) is 1. The molecule has 1 N–H and O–H groups in total. The molecule has 2 aromatic rings. The summed E-state index contributed by atoms with van der Waals surface area (Å²) >= 11 is 3.49. The van der Waals surface area contributed by atoms with Gasteiger partial charge >= 0.3 is 0 Å². The fourth-order valence-corrected chi connectivity index (χ4v) is 3.67. The predicted octanol–water partition coefficient (Wildman–Crippen LogP) is 3.83. The van der Waals surface area contributed by atoms with Crippen LogP contribution < -0.4 is 10.1 Å². The van der Waals surface area contributed by atoms with Crippen molar-refractivity contribution in [3.05, 3.63) is 41.9 Å². The fraction of sp³-hybridized carbons (Fsp3) is 0.412. The van der Waals surface area contributed by atoms with E-state index in [0.29, 0.717) is 6.61 Å². The molecule has 25 heavy (non-hydrogen) atoms. The second kappa shape index (κ2) is 13.2. The summed E-state index contributed by atoms with van der Waals surface area (Å²) in [7, 11) is 3.83. The largest absolute Gasteiger partial charge is 0.492 e. The molecule has 0 aliphatic heterocycles. The number of hydrogen-bond donors (Lipinski definition) is 1. The van der Waals surface area contributed by atoms with Gasteiger partial charge in [0.2, 0.25) is 0 Å². The van der Waals surface area contributed by atoms with E-state index in [4.69, 9.17) is 4.74 Å². The summed E-state index contributed by atoms with van der Waals surface area (Å²) in [6.07, 6.45) is 2.91. The van der Waals surface area contributed by atoms with Gasteiger partial charge < -0.3 is 15.0 Å². The molecule has 1 aromatic heterocycles. The topological polar surface area (TPSA) is 49.8 Å². The van der Waals surface area contributed by atoms with E-state index in [2.05, 4.69) is 20.2 Å². The molecule has 0 unspecified atom stereocenters. The van der Waals surface area contributed by atoms with Crippen molar-refractivity contribution in [2.45, 2.75) is 10.8 Å². The molecule has 1 aromatic carbocycles. The zero-order valence-corrected chi connectivity index (χ0v) is 18.5. The molecule has 0 radical (unpaired) electrons. The first-order chi connectivity index (χ1) is 11.8. The lowest BCUT2D eigenvalue weighted by molar-refractivity contribution is 0.281. The van der Waals surface area contributed by atoms with Crippen molar-refractivity contribution < 1.29 is 4.74 Å². The highest BCUT2D eigenvalue weighted by Gasteiger charge is 2.05. The molecule has 0 atom stereocenters. The number of halogens is 1. The van der Waals surface area contributed by atoms with Crippen molar-refractivity contribution in [2.24, 2.45) is 4.99 Å². The summed E-state index contributed by atoms with van der Waals surface area (Å²) < 4.78 is 6.86. The summed E-state index contributed by atoms with van der Waals surface area (Å²) in [6.45, 7) is 2.30. The normalized spacial score (nSPS) is 10.9. The molecule has 0 fully saturated rings. The maximum atomic E-state index is 5.72. The van der Waals surface area contributed by atoms with Gasteiger partial charge in [-0.2, -0.15) is 0 Å². The average Bonchev–Trinajstić information content (AvgIpc) is 3.12.